The van der Waals surface area contributed by atoms with Gasteiger partial charge in [-0.2, -0.15) is 8.78 Å². The van der Waals surface area contributed by atoms with Crippen molar-refractivity contribution < 1.29 is 22.4 Å². The third-order valence-electron chi connectivity index (χ3n) is 2.83. The zero-order chi connectivity index (χ0) is 14.8. The van der Waals surface area contributed by atoms with Crippen LogP contribution in [0, 0.1) is 6.92 Å². The molecule has 1 aromatic heterocycles. The number of carbonyl (C=O) groups excluding carboxylic acids is 1. The van der Waals surface area contributed by atoms with Gasteiger partial charge in [0, 0.05) is 5.56 Å². The predicted molar refractivity (Wildman–Crippen MR) is 65.9 cm³/mol. The van der Waals surface area contributed by atoms with Gasteiger partial charge in [-0.25, -0.2) is 9.29 Å². The second-order valence-electron chi connectivity index (χ2n) is 4.24. The molecule has 106 valence electrons. The molecule has 1 heterocycles. The number of hydrogen-bond acceptors (Lipinski definition) is 2. The number of carbonyl (C=O) groups is 1. The standard InChI is InChI=1S/C14H12F3NO2/c1-10-4-6-11(7-5-10)14(16,17)18(9-15)13(19)12-3-2-8-20-12/h2-8H,9H2,1H3. The fourth-order valence-corrected chi connectivity index (χ4v) is 1.70. The number of aryl methyl sites for hydroxylation is 1. The number of rotatable bonds is 4. The summed E-state index contributed by atoms with van der Waals surface area (Å²) in [5, 5.41) is 0. The second kappa shape index (κ2) is 5.40. The van der Waals surface area contributed by atoms with Crippen LogP contribution in [0.3, 0.4) is 0 Å². The molecule has 0 radical (unpaired) electrons. The van der Waals surface area contributed by atoms with Gasteiger partial charge >= 0.3 is 6.05 Å². The van der Waals surface area contributed by atoms with Crippen LogP contribution in [-0.4, -0.2) is 17.6 Å². The van der Waals surface area contributed by atoms with E-state index in [1.165, 1.54) is 24.3 Å². The molecule has 0 atom stereocenters. The average molecular weight is 283 g/mol. The molecule has 0 unspecified atom stereocenters. The second-order valence-corrected chi connectivity index (χ2v) is 4.24. The lowest BCUT2D eigenvalue weighted by Crippen LogP contribution is -2.43. The first-order chi connectivity index (χ1) is 9.46. The lowest BCUT2D eigenvalue weighted by atomic mass is 10.1. The molecule has 0 N–H and O–H groups in total. The van der Waals surface area contributed by atoms with E-state index in [9.17, 15) is 18.0 Å². The smallest absolute Gasteiger partial charge is 0.357 e. The SMILES string of the molecule is Cc1ccc(C(F)(F)N(CF)C(=O)c2ccco2)cc1. The Balaban J connectivity index is 2.34. The zero-order valence-electron chi connectivity index (χ0n) is 10.6. The summed E-state index contributed by atoms with van der Waals surface area (Å²) in [5.74, 6) is -1.54. The van der Waals surface area contributed by atoms with E-state index in [2.05, 4.69) is 0 Å². The molecule has 0 saturated heterocycles. The van der Waals surface area contributed by atoms with Crippen LogP contribution in [0.15, 0.2) is 47.1 Å². The van der Waals surface area contributed by atoms with Crippen molar-refractivity contribution in [1.82, 2.24) is 4.90 Å². The van der Waals surface area contributed by atoms with Gasteiger partial charge < -0.3 is 4.42 Å². The molecule has 2 rings (SSSR count). The minimum Gasteiger partial charge on any atom is -0.459 e. The van der Waals surface area contributed by atoms with Gasteiger partial charge in [-0.15, -0.1) is 0 Å². The Morgan fingerprint density at radius 1 is 1.25 bits per heavy atom. The van der Waals surface area contributed by atoms with Gasteiger partial charge in [0.2, 0.25) is 0 Å². The van der Waals surface area contributed by atoms with E-state index in [1.54, 1.807) is 6.92 Å². The van der Waals surface area contributed by atoms with Gasteiger partial charge in [-0.1, -0.05) is 29.8 Å². The highest BCUT2D eigenvalue weighted by molar-refractivity contribution is 5.91. The Bertz CT molecular complexity index is 579. The summed E-state index contributed by atoms with van der Waals surface area (Å²) < 4.78 is 46.1. The molecule has 1 aromatic carbocycles. The van der Waals surface area contributed by atoms with Crippen LogP contribution in [0.4, 0.5) is 13.2 Å². The molecular formula is C14H12F3NO2. The van der Waals surface area contributed by atoms with Crippen LogP contribution >= 0.6 is 0 Å². The number of furan rings is 1. The Hall–Kier alpha value is -2.24. The van der Waals surface area contributed by atoms with Gasteiger partial charge in [0.25, 0.3) is 5.91 Å². The van der Waals surface area contributed by atoms with Crippen LogP contribution < -0.4 is 0 Å². The van der Waals surface area contributed by atoms with Crippen molar-refractivity contribution in [2.45, 2.75) is 13.0 Å². The van der Waals surface area contributed by atoms with Crippen LogP contribution in [0.2, 0.25) is 0 Å². The first-order valence-corrected chi connectivity index (χ1v) is 5.83. The molecular weight excluding hydrogens is 271 g/mol. The highest BCUT2D eigenvalue weighted by Crippen LogP contribution is 2.33. The summed E-state index contributed by atoms with van der Waals surface area (Å²) in [4.78, 5) is 11.7. The van der Waals surface area contributed by atoms with Crippen molar-refractivity contribution in [3.8, 4) is 0 Å². The third-order valence-corrected chi connectivity index (χ3v) is 2.83. The van der Waals surface area contributed by atoms with E-state index in [1.807, 2.05) is 0 Å². The molecule has 0 aliphatic heterocycles. The maximum atomic E-state index is 14.2. The number of hydrogen-bond donors (Lipinski definition) is 0. The summed E-state index contributed by atoms with van der Waals surface area (Å²) in [6, 6.07) is 4.07. The van der Waals surface area contributed by atoms with E-state index in [4.69, 9.17) is 4.42 Å². The topological polar surface area (TPSA) is 33.5 Å². The fraction of sp³-hybridized carbons (Fsp3) is 0.214. The molecule has 0 aliphatic rings. The van der Waals surface area contributed by atoms with Crippen molar-refractivity contribution in [1.29, 1.82) is 0 Å². The van der Waals surface area contributed by atoms with Crippen molar-refractivity contribution in [3.05, 3.63) is 59.5 Å². The van der Waals surface area contributed by atoms with Crippen LogP contribution in [0.25, 0.3) is 0 Å². The van der Waals surface area contributed by atoms with E-state index in [0.29, 0.717) is 0 Å². The number of alkyl halides is 3. The predicted octanol–water partition coefficient (Wildman–Crippen LogP) is 3.71. The monoisotopic (exact) mass is 283 g/mol. The Labute approximate surface area is 113 Å². The fourth-order valence-electron chi connectivity index (χ4n) is 1.70. The zero-order valence-corrected chi connectivity index (χ0v) is 10.6. The molecule has 0 spiro atoms. The Kier molecular flexibility index (Phi) is 3.83. The summed E-state index contributed by atoms with van der Waals surface area (Å²) in [6.07, 6.45) is 1.16. The molecule has 1 amide bonds. The van der Waals surface area contributed by atoms with Crippen molar-refractivity contribution in [2.24, 2.45) is 0 Å². The highest BCUT2D eigenvalue weighted by atomic mass is 19.3. The van der Waals surface area contributed by atoms with Crippen LogP contribution in [-0.2, 0) is 6.05 Å². The molecule has 3 nitrogen and oxygen atoms in total. The lowest BCUT2D eigenvalue weighted by Gasteiger charge is -2.28. The van der Waals surface area contributed by atoms with E-state index >= 15 is 0 Å². The molecule has 20 heavy (non-hydrogen) atoms. The number of amides is 1. The first-order valence-electron chi connectivity index (χ1n) is 5.83. The molecule has 6 heteroatoms. The molecule has 0 aliphatic carbocycles. The summed E-state index contributed by atoms with van der Waals surface area (Å²) in [5.41, 5.74) is 0.328. The quantitative estimate of drug-likeness (QED) is 0.801. The van der Waals surface area contributed by atoms with Crippen molar-refractivity contribution in [2.75, 3.05) is 6.80 Å². The van der Waals surface area contributed by atoms with E-state index in [-0.39, 0.29) is 10.7 Å². The number of halogens is 3. The summed E-state index contributed by atoms with van der Waals surface area (Å²) in [6.45, 7) is 0.114. The maximum Gasteiger partial charge on any atom is 0.357 e. The Morgan fingerprint density at radius 3 is 2.40 bits per heavy atom. The van der Waals surface area contributed by atoms with Gasteiger partial charge in [0.15, 0.2) is 12.6 Å². The average Bonchev–Trinajstić information content (AvgIpc) is 2.93. The first kappa shape index (κ1) is 14.2. The lowest BCUT2D eigenvalue weighted by molar-refractivity contribution is -0.145. The van der Waals surface area contributed by atoms with Gasteiger partial charge in [-0.3, -0.25) is 4.79 Å². The normalized spacial score (nSPS) is 11.4. The van der Waals surface area contributed by atoms with Crippen LogP contribution in [0.5, 0.6) is 0 Å². The Morgan fingerprint density at radius 2 is 1.90 bits per heavy atom. The van der Waals surface area contributed by atoms with Crippen molar-refractivity contribution >= 4 is 5.91 Å². The third kappa shape index (κ3) is 2.54. The molecule has 0 bridgehead atoms. The largest absolute Gasteiger partial charge is 0.459 e. The minimum atomic E-state index is -3.76. The van der Waals surface area contributed by atoms with Gasteiger partial charge in [-0.05, 0) is 19.1 Å². The highest BCUT2D eigenvalue weighted by Gasteiger charge is 2.43. The maximum absolute atomic E-state index is 14.2. The minimum absolute atomic E-state index is 0.170. The van der Waals surface area contributed by atoms with E-state index in [0.717, 1.165) is 24.0 Å². The van der Waals surface area contributed by atoms with Crippen LogP contribution in [0.1, 0.15) is 21.7 Å². The van der Waals surface area contributed by atoms with Gasteiger partial charge in [0.05, 0.1) is 6.26 Å². The number of benzene rings is 1. The molecule has 0 fully saturated rings. The summed E-state index contributed by atoms with van der Waals surface area (Å²) in [7, 11) is 0. The molecule has 0 saturated carbocycles. The number of nitrogens with zero attached hydrogens (tertiary/aromatic N) is 1. The van der Waals surface area contributed by atoms with Gasteiger partial charge in [0.1, 0.15) is 0 Å². The molecule has 2 aromatic rings. The van der Waals surface area contributed by atoms with E-state index < -0.39 is 24.3 Å². The van der Waals surface area contributed by atoms with Crippen molar-refractivity contribution in [3.63, 3.8) is 0 Å². The summed E-state index contributed by atoms with van der Waals surface area (Å²) >= 11 is 0.